The zero-order chi connectivity index (χ0) is 35.3. The molecule has 2 unspecified atom stereocenters. The van der Waals surface area contributed by atoms with Crippen molar-refractivity contribution in [2.75, 3.05) is 4.90 Å². The van der Waals surface area contributed by atoms with Gasteiger partial charge in [0.05, 0.1) is 5.69 Å². The molecule has 7 aromatic carbocycles. The van der Waals surface area contributed by atoms with Crippen LogP contribution in [0.25, 0.3) is 67.5 Å². The zero-order valence-electron chi connectivity index (χ0n) is 29.4. The van der Waals surface area contributed by atoms with E-state index in [1.807, 2.05) is 22.7 Å². The predicted octanol–water partition coefficient (Wildman–Crippen LogP) is 14.7. The third-order valence-corrected chi connectivity index (χ3v) is 14.3. The van der Waals surface area contributed by atoms with Gasteiger partial charge in [0.25, 0.3) is 0 Å². The highest BCUT2D eigenvalue weighted by atomic mass is 32.1. The van der Waals surface area contributed by atoms with Gasteiger partial charge in [-0.1, -0.05) is 146 Å². The second-order valence-corrected chi connectivity index (χ2v) is 16.9. The van der Waals surface area contributed by atoms with Gasteiger partial charge in [0.2, 0.25) is 0 Å². The summed E-state index contributed by atoms with van der Waals surface area (Å²) >= 11 is 3.84. The second-order valence-electron chi connectivity index (χ2n) is 14.7. The first-order chi connectivity index (χ1) is 26.8. The van der Waals surface area contributed by atoms with E-state index in [2.05, 4.69) is 181 Å². The highest BCUT2D eigenvalue weighted by Gasteiger charge is 2.34. The second kappa shape index (κ2) is 11.8. The first-order valence-electron chi connectivity index (χ1n) is 18.8. The topological polar surface area (TPSA) is 3.24 Å². The van der Waals surface area contributed by atoms with Crippen LogP contribution in [0.1, 0.15) is 23.5 Å². The van der Waals surface area contributed by atoms with Crippen molar-refractivity contribution in [1.82, 2.24) is 0 Å². The van der Waals surface area contributed by atoms with E-state index in [4.69, 9.17) is 0 Å². The highest BCUT2D eigenvalue weighted by molar-refractivity contribution is 7.26. The number of rotatable bonds is 3. The maximum absolute atomic E-state index is 2.63. The Hall–Kier alpha value is -6.00. The number of anilines is 1. The van der Waals surface area contributed by atoms with Crippen molar-refractivity contribution in [1.29, 1.82) is 0 Å². The summed E-state index contributed by atoms with van der Waals surface area (Å²) in [4.78, 5) is 2.63. The van der Waals surface area contributed by atoms with Crippen LogP contribution in [0.2, 0.25) is 0 Å². The average molecular weight is 724 g/mol. The molecule has 54 heavy (non-hydrogen) atoms. The Morgan fingerprint density at radius 2 is 1.19 bits per heavy atom. The lowest BCUT2D eigenvalue weighted by molar-refractivity contribution is 0.743. The molecule has 0 N–H and O–H groups in total. The molecule has 1 aliphatic heterocycles. The monoisotopic (exact) mass is 723 g/mol. The summed E-state index contributed by atoms with van der Waals surface area (Å²) in [6, 6.07) is 51.7. The van der Waals surface area contributed by atoms with Crippen LogP contribution in [0.15, 0.2) is 193 Å². The fraction of sp³-hybridized carbons (Fsp3) is 0.0588. The molecule has 254 valence electrons. The van der Waals surface area contributed by atoms with Crippen LogP contribution in [0.5, 0.6) is 0 Å². The Balaban J connectivity index is 1.07. The van der Waals surface area contributed by atoms with Crippen molar-refractivity contribution in [3.63, 3.8) is 0 Å². The van der Waals surface area contributed by atoms with E-state index in [-0.39, 0.29) is 11.8 Å². The number of fused-ring (bicyclic) bond motifs is 11. The summed E-state index contributed by atoms with van der Waals surface area (Å²) in [7, 11) is 0. The molecular formula is C51H33NS2. The molecule has 0 fully saturated rings. The van der Waals surface area contributed by atoms with E-state index in [0.29, 0.717) is 0 Å². The normalized spacial score (nSPS) is 18.3. The van der Waals surface area contributed by atoms with Crippen molar-refractivity contribution in [2.45, 2.75) is 12.3 Å². The van der Waals surface area contributed by atoms with E-state index in [1.165, 1.54) is 101 Å². The van der Waals surface area contributed by atoms with Gasteiger partial charge in [0.1, 0.15) is 0 Å². The van der Waals surface area contributed by atoms with Gasteiger partial charge < -0.3 is 4.90 Å². The van der Waals surface area contributed by atoms with Crippen molar-refractivity contribution < 1.29 is 0 Å². The van der Waals surface area contributed by atoms with Gasteiger partial charge in [-0.3, -0.25) is 0 Å². The lowest BCUT2D eigenvalue weighted by Crippen LogP contribution is -2.30. The molecule has 0 amide bonds. The number of thiophene rings is 2. The third kappa shape index (κ3) is 4.49. The van der Waals surface area contributed by atoms with Gasteiger partial charge in [0, 0.05) is 69.0 Å². The molecular weight excluding hydrogens is 691 g/mol. The number of hydrogen-bond acceptors (Lipinski definition) is 3. The van der Waals surface area contributed by atoms with Crippen molar-refractivity contribution in [3.05, 3.63) is 204 Å². The van der Waals surface area contributed by atoms with Crippen LogP contribution in [-0.4, -0.2) is 0 Å². The summed E-state index contributed by atoms with van der Waals surface area (Å²) in [6.07, 6.45) is 15.6. The summed E-state index contributed by atoms with van der Waals surface area (Å²) < 4.78 is 5.45. The zero-order valence-corrected chi connectivity index (χ0v) is 31.0. The maximum atomic E-state index is 2.63. The molecule has 3 aliphatic rings. The van der Waals surface area contributed by atoms with Gasteiger partial charge in [-0.05, 0) is 75.2 Å². The van der Waals surface area contributed by atoms with Crippen molar-refractivity contribution in [2.24, 2.45) is 5.92 Å². The smallest absolute Gasteiger partial charge is 0.0543 e. The van der Waals surface area contributed by atoms with E-state index in [1.54, 1.807) is 0 Å². The molecule has 2 bridgehead atoms. The van der Waals surface area contributed by atoms with E-state index < -0.39 is 0 Å². The number of hydrogen-bond donors (Lipinski definition) is 0. The van der Waals surface area contributed by atoms with E-state index in [9.17, 15) is 0 Å². The molecule has 2 aromatic heterocycles. The molecule has 1 nitrogen and oxygen atoms in total. The molecule has 2 aliphatic carbocycles. The first kappa shape index (κ1) is 30.5. The van der Waals surface area contributed by atoms with Gasteiger partial charge in [-0.15, -0.1) is 22.7 Å². The fourth-order valence-corrected chi connectivity index (χ4v) is 11.9. The maximum Gasteiger partial charge on any atom is 0.0543 e. The van der Waals surface area contributed by atoms with Crippen molar-refractivity contribution >= 4 is 95.8 Å². The Morgan fingerprint density at radius 3 is 2.00 bits per heavy atom. The highest BCUT2D eigenvalue weighted by Crippen LogP contribution is 2.50. The number of benzene rings is 7. The summed E-state index contributed by atoms with van der Waals surface area (Å²) in [5.74, 6) is 0.445. The summed E-state index contributed by atoms with van der Waals surface area (Å²) in [6.45, 7) is 0. The van der Waals surface area contributed by atoms with Crippen LogP contribution in [0.3, 0.4) is 0 Å². The molecule has 0 spiro atoms. The third-order valence-electron chi connectivity index (χ3n) is 11.8. The van der Waals surface area contributed by atoms with Crippen LogP contribution in [0.4, 0.5) is 5.69 Å². The minimum absolute atomic E-state index is 0.186. The Morgan fingerprint density at radius 1 is 0.537 bits per heavy atom. The largest absolute Gasteiger partial charge is 0.314 e. The van der Waals surface area contributed by atoms with E-state index >= 15 is 0 Å². The molecule has 0 saturated carbocycles. The molecule has 0 radical (unpaired) electrons. The Labute approximate surface area is 321 Å². The number of nitrogens with zero attached hydrogens (tertiary/aromatic N) is 1. The minimum Gasteiger partial charge on any atom is -0.314 e. The van der Waals surface area contributed by atoms with Gasteiger partial charge in [-0.25, -0.2) is 0 Å². The quantitative estimate of drug-likeness (QED) is 0.164. The minimum atomic E-state index is 0.186. The molecule has 3 heteroatoms. The number of allylic oxidation sites excluding steroid dienone is 9. The first-order valence-corrected chi connectivity index (χ1v) is 20.4. The SMILES string of the molecule is C1=CC2C=C(C=C1c1cccc3c1sc1ccccc13)N(c1cc3ccccc3c3ccccc13)C1=C2C=CC(c2cccc3c2sc2ccccc23)C1. The lowest BCUT2D eigenvalue weighted by Gasteiger charge is -2.39. The van der Waals surface area contributed by atoms with Crippen LogP contribution >= 0.6 is 22.7 Å². The van der Waals surface area contributed by atoms with E-state index in [0.717, 1.165) is 6.42 Å². The lowest BCUT2D eigenvalue weighted by atomic mass is 9.80. The van der Waals surface area contributed by atoms with Crippen LogP contribution in [0, 0.1) is 5.92 Å². The van der Waals surface area contributed by atoms with Gasteiger partial charge in [0.15, 0.2) is 0 Å². The average Bonchev–Trinajstić information content (AvgIpc) is 3.74. The molecule has 9 aromatic rings. The Bertz CT molecular complexity index is 3220. The van der Waals surface area contributed by atoms with Gasteiger partial charge in [-0.2, -0.15) is 0 Å². The fourth-order valence-electron chi connectivity index (χ4n) is 9.35. The molecule has 2 atom stereocenters. The predicted molar refractivity (Wildman–Crippen MR) is 235 cm³/mol. The van der Waals surface area contributed by atoms with Crippen LogP contribution in [-0.2, 0) is 0 Å². The van der Waals surface area contributed by atoms with Gasteiger partial charge >= 0.3 is 0 Å². The molecule has 3 heterocycles. The van der Waals surface area contributed by atoms with Crippen LogP contribution < -0.4 is 4.90 Å². The van der Waals surface area contributed by atoms with Crippen molar-refractivity contribution in [3.8, 4) is 0 Å². The molecule has 0 saturated heterocycles. The summed E-state index contributed by atoms with van der Waals surface area (Å²) in [5.41, 5.74) is 9.24. The Kier molecular flexibility index (Phi) is 6.63. The molecule has 12 rings (SSSR count). The summed E-state index contributed by atoms with van der Waals surface area (Å²) in [5, 5.41) is 10.5. The standard InChI is InChI=1S/C51H33NS2/c1-2-12-36-31(11-1)29-47(41-14-4-3-13-40(36)41)52-35-27-32(23-24-33(28-35)38-17-9-19-44-42-15-5-7-21-48(42)53-50(38)44)37-26-25-34(30-46(37)52)39-18-10-20-45-43-16-6-8-22-49(43)54-51(39)45/h1-29,32,34H,30H2.